The van der Waals surface area contributed by atoms with Crippen molar-refractivity contribution in [3.63, 3.8) is 0 Å². The van der Waals surface area contributed by atoms with Crippen molar-refractivity contribution in [3.05, 3.63) is 34.9 Å². The number of carbonyl (C=O) groups is 1. The molecule has 1 saturated carbocycles. The first kappa shape index (κ1) is 17.2. The summed E-state index contributed by atoms with van der Waals surface area (Å²) in [5.41, 5.74) is 3.58. The van der Waals surface area contributed by atoms with Gasteiger partial charge in [-0.1, -0.05) is 43.2 Å². The Hall–Kier alpha value is -1.15. The van der Waals surface area contributed by atoms with Gasteiger partial charge in [-0.2, -0.15) is 0 Å². The summed E-state index contributed by atoms with van der Waals surface area (Å²) in [4.78, 5) is 11.4. The lowest BCUT2D eigenvalue weighted by Gasteiger charge is -2.10. The number of allylic oxidation sites excluding steroid dienone is 4. The highest BCUT2D eigenvalue weighted by Gasteiger charge is 2.55. The largest absolute Gasteiger partial charge is 0.388 e. The molecule has 2 aliphatic carbocycles. The SMILES string of the molecule is C/C1=C\CC(O)/C(C=O)=C\[C@@H]2[C@@H](CC/C(C)=C/CC1)C2(C)C. The third-order valence-corrected chi connectivity index (χ3v) is 5.60. The van der Waals surface area contributed by atoms with E-state index in [0.29, 0.717) is 23.8 Å². The lowest BCUT2D eigenvalue weighted by atomic mass is 10.0. The van der Waals surface area contributed by atoms with Crippen molar-refractivity contribution in [1.82, 2.24) is 0 Å². The number of aldehydes is 1. The van der Waals surface area contributed by atoms with E-state index in [1.54, 1.807) is 0 Å². The molecule has 122 valence electrons. The van der Waals surface area contributed by atoms with Gasteiger partial charge in [-0.25, -0.2) is 0 Å². The molecule has 1 unspecified atom stereocenters. The Morgan fingerprint density at radius 1 is 1.18 bits per heavy atom. The van der Waals surface area contributed by atoms with Gasteiger partial charge in [0.05, 0.1) is 6.10 Å². The maximum absolute atomic E-state index is 11.4. The number of hydrogen-bond acceptors (Lipinski definition) is 2. The smallest absolute Gasteiger partial charge is 0.148 e. The van der Waals surface area contributed by atoms with E-state index in [-0.39, 0.29) is 5.41 Å². The first-order valence-electron chi connectivity index (χ1n) is 8.52. The lowest BCUT2D eigenvalue weighted by molar-refractivity contribution is -0.105. The molecule has 3 atom stereocenters. The first-order valence-corrected chi connectivity index (χ1v) is 8.52. The molecular weight excluding hydrogens is 272 g/mol. The van der Waals surface area contributed by atoms with E-state index >= 15 is 0 Å². The van der Waals surface area contributed by atoms with E-state index in [2.05, 4.69) is 39.8 Å². The molecular formula is C20H30O2. The molecule has 0 saturated heterocycles. The molecule has 2 nitrogen and oxygen atoms in total. The van der Waals surface area contributed by atoms with Crippen LogP contribution < -0.4 is 0 Å². The molecule has 2 rings (SSSR count). The van der Waals surface area contributed by atoms with Crippen molar-refractivity contribution in [2.45, 2.75) is 65.9 Å². The summed E-state index contributed by atoms with van der Waals surface area (Å²) in [5, 5.41) is 10.3. The van der Waals surface area contributed by atoms with Gasteiger partial charge in [-0.15, -0.1) is 0 Å². The number of hydrogen-bond donors (Lipinski definition) is 1. The van der Waals surface area contributed by atoms with E-state index in [9.17, 15) is 9.90 Å². The van der Waals surface area contributed by atoms with Gasteiger partial charge in [0.25, 0.3) is 0 Å². The Morgan fingerprint density at radius 2 is 1.86 bits per heavy atom. The van der Waals surface area contributed by atoms with Gasteiger partial charge in [0.2, 0.25) is 0 Å². The quantitative estimate of drug-likeness (QED) is 0.567. The predicted octanol–water partition coefficient (Wildman–Crippen LogP) is 4.60. The Balaban J connectivity index is 2.22. The van der Waals surface area contributed by atoms with Crippen molar-refractivity contribution in [2.24, 2.45) is 17.3 Å². The molecule has 0 aromatic heterocycles. The summed E-state index contributed by atoms with van der Waals surface area (Å²) in [5.74, 6) is 1.04. The second-order valence-electron chi connectivity index (χ2n) is 7.67. The van der Waals surface area contributed by atoms with Crippen LogP contribution in [0.1, 0.15) is 59.8 Å². The zero-order chi connectivity index (χ0) is 16.3. The molecule has 22 heavy (non-hydrogen) atoms. The van der Waals surface area contributed by atoms with Crippen LogP contribution in [-0.2, 0) is 4.79 Å². The molecule has 0 spiro atoms. The summed E-state index contributed by atoms with van der Waals surface area (Å²) in [7, 11) is 0. The zero-order valence-corrected chi connectivity index (χ0v) is 14.4. The molecule has 2 heteroatoms. The first-order chi connectivity index (χ1) is 10.4. The minimum absolute atomic E-state index is 0.250. The number of fused-ring (bicyclic) bond motifs is 1. The van der Waals surface area contributed by atoms with Crippen molar-refractivity contribution >= 4 is 6.29 Å². The van der Waals surface area contributed by atoms with Crippen molar-refractivity contribution < 1.29 is 9.90 Å². The predicted molar refractivity (Wildman–Crippen MR) is 91.5 cm³/mol. The number of aliphatic hydroxyl groups excluding tert-OH is 1. The second-order valence-corrected chi connectivity index (χ2v) is 7.67. The standard InChI is InChI=1S/C20H30O2/c1-14-6-5-7-15(2)9-11-19(22)16(13-21)12-18-17(10-8-14)20(18,3)4/h6,9,12-13,17-19,22H,5,7-8,10-11H2,1-4H3/b14-6+,15-9+,16-12-/t17-,18-,19?/m1/s1. The second kappa shape index (κ2) is 6.95. The average molecular weight is 302 g/mol. The van der Waals surface area contributed by atoms with Crippen LogP contribution in [0.4, 0.5) is 0 Å². The third kappa shape index (κ3) is 3.98. The Morgan fingerprint density at radius 3 is 2.55 bits per heavy atom. The van der Waals surface area contributed by atoms with Crippen LogP contribution in [0.3, 0.4) is 0 Å². The molecule has 0 aliphatic heterocycles. The van der Waals surface area contributed by atoms with Crippen molar-refractivity contribution in [2.75, 3.05) is 0 Å². The van der Waals surface area contributed by atoms with Gasteiger partial charge < -0.3 is 5.11 Å². The van der Waals surface area contributed by atoms with Crippen molar-refractivity contribution in [3.8, 4) is 0 Å². The van der Waals surface area contributed by atoms with Gasteiger partial charge in [-0.05, 0) is 63.2 Å². The van der Waals surface area contributed by atoms with Gasteiger partial charge in [0.15, 0.2) is 0 Å². The fourth-order valence-electron chi connectivity index (χ4n) is 3.69. The Bertz CT molecular complexity index is 508. The highest BCUT2D eigenvalue weighted by Crippen LogP contribution is 2.61. The summed E-state index contributed by atoms with van der Waals surface area (Å²) in [6.45, 7) is 8.88. The third-order valence-electron chi connectivity index (χ3n) is 5.60. The highest BCUT2D eigenvalue weighted by atomic mass is 16.3. The molecule has 0 radical (unpaired) electrons. The van der Waals surface area contributed by atoms with Crippen LogP contribution in [0.25, 0.3) is 0 Å². The molecule has 0 bridgehead atoms. The number of rotatable bonds is 1. The molecule has 0 amide bonds. The van der Waals surface area contributed by atoms with Gasteiger partial charge in [-0.3, -0.25) is 4.79 Å². The Kier molecular flexibility index (Phi) is 5.44. The van der Waals surface area contributed by atoms with E-state index in [0.717, 1.165) is 25.5 Å². The van der Waals surface area contributed by atoms with Gasteiger partial charge in [0, 0.05) is 5.57 Å². The minimum Gasteiger partial charge on any atom is -0.388 e. The molecule has 0 aromatic carbocycles. The molecule has 1 N–H and O–H groups in total. The van der Waals surface area contributed by atoms with Crippen LogP contribution in [0.5, 0.6) is 0 Å². The van der Waals surface area contributed by atoms with Crippen LogP contribution in [0.2, 0.25) is 0 Å². The summed E-state index contributed by atoms with van der Waals surface area (Å²) in [6.07, 6.45) is 11.6. The maximum atomic E-state index is 11.4. The number of carbonyl (C=O) groups excluding carboxylic acids is 1. The Labute approximate surface area is 135 Å². The van der Waals surface area contributed by atoms with Crippen LogP contribution in [0.15, 0.2) is 34.9 Å². The van der Waals surface area contributed by atoms with Crippen LogP contribution >= 0.6 is 0 Å². The van der Waals surface area contributed by atoms with Crippen LogP contribution in [0, 0.1) is 17.3 Å². The normalized spacial score (nSPS) is 39.9. The zero-order valence-electron chi connectivity index (χ0n) is 14.4. The van der Waals surface area contributed by atoms with E-state index in [4.69, 9.17) is 0 Å². The van der Waals surface area contributed by atoms with Gasteiger partial charge in [0.1, 0.15) is 6.29 Å². The summed E-state index contributed by atoms with van der Waals surface area (Å²) < 4.78 is 0. The molecule has 1 fully saturated rings. The highest BCUT2D eigenvalue weighted by molar-refractivity contribution is 5.75. The fraction of sp³-hybridized carbons (Fsp3) is 0.650. The van der Waals surface area contributed by atoms with Crippen LogP contribution in [-0.4, -0.2) is 17.5 Å². The lowest BCUT2D eigenvalue weighted by Crippen LogP contribution is -2.11. The maximum Gasteiger partial charge on any atom is 0.148 e. The molecule has 0 heterocycles. The topological polar surface area (TPSA) is 37.3 Å². The molecule has 0 aromatic rings. The molecule has 2 aliphatic rings. The summed E-state index contributed by atoms with van der Waals surface area (Å²) in [6, 6.07) is 0. The summed E-state index contributed by atoms with van der Waals surface area (Å²) >= 11 is 0. The van der Waals surface area contributed by atoms with Crippen molar-refractivity contribution in [1.29, 1.82) is 0 Å². The van der Waals surface area contributed by atoms with Gasteiger partial charge >= 0.3 is 0 Å². The monoisotopic (exact) mass is 302 g/mol. The van der Waals surface area contributed by atoms with E-state index < -0.39 is 6.10 Å². The van der Waals surface area contributed by atoms with E-state index in [1.807, 2.05) is 6.08 Å². The fourth-order valence-corrected chi connectivity index (χ4v) is 3.69. The van der Waals surface area contributed by atoms with E-state index in [1.165, 1.54) is 17.6 Å². The average Bonchev–Trinajstić information content (AvgIpc) is 2.99. The number of aliphatic hydroxyl groups is 1. The minimum atomic E-state index is -0.662.